The van der Waals surface area contributed by atoms with Crippen LogP contribution in [0.4, 0.5) is 5.69 Å². The summed E-state index contributed by atoms with van der Waals surface area (Å²) in [6.07, 6.45) is 1.13. The van der Waals surface area contributed by atoms with Gasteiger partial charge in [0.25, 0.3) is 5.91 Å². The highest BCUT2D eigenvalue weighted by molar-refractivity contribution is 7.92. The molecule has 0 atom stereocenters. The molecule has 3 rings (SSSR count). The van der Waals surface area contributed by atoms with E-state index < -0.39 is 10.0 Å². The summed E-state index contributed by atoms with van der Waals surface area (Å²) in [5.41, 5.74) is 1.87. The molecule has 0 saturated carbocycles. The fourth-order valence-electron chi connectivity index (χ4n) is 2.95. The minimum absolute atomic E-state index is 0.0916. The summed E-state index contributed by atoms with van der Waals surface area (Å²) in [6.45, 7) is 0.122. The molecule has 0 unspecified atom stereocenters. The van der Waals surface area contributed by atoms with Crippen LogP contribution in [0.5, 0.6) is 5.75 Å². The highest BCUT2D eigenvalue weighted by Crippen LogP contribution is 2.26. The maximum Gasteiger partial charge on any atom is 0.258 e. The maximum atomic E-state index is 12.4. The van der Waals surface area contributed by atoms with Crippen LogP contribution in [0.25, 0.3) is 0 Å². The minimum atomic E-state index is -3.56. The number of ether oxygens (including phenoxy) is 1. The van der Waals surface area contributed by atoms with Crippen LogP contribution >= 0.6 is 34.8 Å². The van der Waals surface area contributed by atoms with Gasteiger partial charge in [0, 0.05) is 21.6 Å². The molecule has 0 aliphatic heterocycles. The molecule has 0 heterocycles. The molecular formula is C23H21Cl3N2O4S. The molecule has 0 bridgehead atoms. The molecule has 0 aromatic heterocycles. The second kappa shape index (κ2) is 11.1. The Morgan fingerprint density at radius 2 is 1.64 bits per heavy atom. The Kier molecular flexibility index (Phi) is 8.48. The lowest BCUT2D eigenvalue weighted by Crippen LogP contribution is -2.29. The Labute approximate surface area is 208 Å². The maximum absolute atomic E-state index is 12.4. The second-order valence-corrected chi connectivity index (χ2v) is 10.3. The van der Waals surface area contributed by atoms with Gasteiger partial charge in [0.05, 0.1) is 18.5 Å². The van der Waals surface area contributed by atoms with Gasteiger partial charge in [-0.25, -0.2) is 8.42 Å². The lowest BCUT2D eigenvalue weighted by molar-refractivity contribution is -0.123. The molecule has 174 valence electrons. The first-order valence-corrected chi connectivity index (χ1v) is 12.8. The smallest absolute Gasteiger partial charge is 0.258 e. The molecule has 0 aliphatic rings. The minimum Gasteiger partial charge on any atom is -0.484 e. The van der Waals surface area contributed by atoms with Crippen LogP contribution in [0.3, 0.4) is 0 Å². The van der Waals surface area contributed by atoms with Crippen LogP contribution in [0.2, 0.25) is 15.1 Å². The van der Waals surface area contributed by atoms with Gasteiger partial charge in [-0.15, -0.1) is 0 Å². The van der Waals surface area contributed by atoms with Crippen LogP contribution < -0.4 is 14.4 Å². The topological polar surface area (TPSA) is 75.7 Å². The largest absolute Gasteiger partial charge is 0.484 e. The molecule has 3 aromatic rings. The van der Waals surface area contributed by atoms with E-state index in [0.29, 0.717) is 32.1 Å². The van der Waals surface area contributed by atoms with E-state index in [1.54, 1.807) is 66.7 Å². The van der Waals surface area contributed by atoms with E-state index in [1.807, 2.05) is 0 Å². The SMILES string of the molecule is CS(=O)(=O)N(Cc1ccccc1Cl)c1ccc(OCC(=O)NCc2ccc(Cl)cc2Cl)cc1. The van der Waals surface area contributed by atoms with E-state index in [4.69, 9.17) is 39.5 Å². The average molecular weight is 528 g/mol. The molecule has 0 radical (unpaired) electrons. The Balaban J connectivity index is 1.60. The Morgan fingerprint density at radius 3 is 2.27 bits per heavy atom. The molecule has 10 heteroatoms. The molecule has 6 nitrogen and oxygen atoms in total. The summed E-state index contributed by atoms with van der Waals surface area (Å²) in [5, 5.41) is 4.18. The number of hydrogen-bond acceptors (Lipinski definition) is 4. The predicted octanol–water partition coefficient (Wildman–Crippen LogP) is 5.31. The van der Waals surface area contributed by atoms with Gasteiger partial charge in [-0.3, -0.25) is 9.10 Å². The van der Waals surface area contributed by atoms with Crippen LogP contribution in [0, 0.1) is 0 Å². The number of nitrogens with zero attached hydrogens (tertiary/aromatic N) is 1. The molecule has 1 amide bonds. The number of benzene rings is 3. The number of anilines is 1. The van der Waals surface area contributed by atoms with Crippen LogP contribution in [-0.4, -0.2) is 27.2 Å². The number of carbonyl (C=O) groups is 1. The first-order valence-electron chi connectivity index (χ1n) is 9.78. The van der Waals surface area contributed by atoms with Gasteiger partial charge in [0.15, 0.2) is 6.61 Å². The second-order valence-electron chi connectivity index (χ2n) is 7.16. The van der Waals surface area contributed by atoms with E-state index in [2.05, 4.69) is 5.32 Å². The molecule has 3 aromatic carbocycles. The van der Waals surface area contributed by atoms with Crippen molar-refractivity contribution in [3.05, 3.63) is 92.9 Å². The van der Waals surface area contributed by atoms with Gasteiger partial charge in [-0.1, -0.05) is 59.1 Å². The highest BCUT2D eigenvalue weighted by Gasteiger charge is 2.19. The summed E-state index contributed by atoms with van der Waals surface area (Å²) < 4.78 is 31.5. The van der Waals surface area contributed by atoms with Crippen molar-refractivity contribution in [1.82, 2.24) is 5.32 Å². The summed E-state index contributed by atoms with van der Waals surface area (Å²) in [5.74, 6) is 0.0891. The fraction of sp³-hybridized carbons (Fsp3) is 0.174. The summed E-state index contributed by atoms with van der Waals surface area (Å²) in [4.78, 5) is 12.1. The van der Waals surface area contributed by atoms with Gasteiger partial charge >= 0.3 is 0 Å². The molecule has 0 fully saturated rings. The molecule has 0 spiro atoms. The first kappa shape index (κ1) is 25.2. The molecule has 0 saturated heterocycles. The van der Waals surface area contributed by atoms with Gasteiger partial charge in [0.2, 0.25) is 10.0 Å². The Morgan fingerprint density at radius 1 is 0.939 bits per heavy atom. The number of halogens is 3. The number of nitrogens with one attached hydrogen (secondary N) is 1. The van der Waals surface area contributed by atoms with E-state index in [1.165, 1.54) is 4.31 Å². The number of amides is 1. The summed E-state index contributed by atoms with van der Waals surface area (Å²) in [6, 6.07) is 18.5. The number of carbonyl (C=O) groups excluding carboxylic acids is 1. The first-order chi connectivity index (χ1) is 15.6. The van der Waals surface area contributed by atoms with Crippen molar-refractivity contribution >= 4 is 56.4 Å². The fourth-order valence-corrected chi connectivity index (χ4v) is 4.50. The molecule has 33 heavy (non-hydrogen) atoms. The average Bonchev–Trinajstić information content (AvgIpc) is 2.76. The van der Waals surface area contributed by atoms with Crippen molar-refractivity contribution in [2.24, 2.45) is 0 Å². The predicted molar refractivity (Wildman–Crippen MR) is 133 cm³/mol. The number of sulfonamides is 1. The van der Waals surface area contributed by atoms with Crippen molar-refractivity contribution in [3.8, 4) is 5.75 Å². The summed E-state index contributed by atoms with van der Waals surface area (Å²) >= 11 is 18.2. The van der Waals surface area contributed by atoms with Crippen LogP contribution in [0.15, 0.2) is 66.7 Å². The van der Waals surface area contributed by atoms with Crippen molar-refractivity contribution in [2.45, 2.75) is 13.1 Å². The number of rotatable bonds is 9. The summed E-state index contributed by atoms with van der Waals surface area (Å²) in [7, 11) is -3.56. The normalized spacial score (nSPS) is 11.2. The zero-order valence-electron chi connectivity index (χ0n) is 17.6. The van der Waals surface area contributed by atoms with Crippen LogP contribution in [-0.2, 0) is 27.9 Å². The Hall–Kier alpha value is -2.45. The Bertz CT molecular complexity index is 1230. The van der Waals surface area contributed by atoms with Crippen molar-refractivity contribution in [2.75, 3.05) is 17.2 Å². The van der Waals surface area contributed by atoms with Crippen molar-refractivity contribution < 1.29 is 17.9 Å². The molecule has 1 N–H and O–H groups in total. The lowest BCUT2D eigenvalue weighted by Gasteiger charge is -2.23. The molecule has 0 aliphatic carbocycles. The highest BCUT2D eigenvalue weighted by atomic mass is 35.5. The van der Waals surface area contributed by atoms with Gasteiger partial charge in [0.1, 0.15) is 5.75 Å². The number of hydrogen-bond donors (Lipinski definition) is 1. The van der Waals surface area contributed by atoms with E-state index in [9.17, 15) is 13.2 Å². The lowest BCUT2D eigenvalue weighted by atomic mass is 10.2. The third-order valence-corrected chi connectivity index (χ3v) is 6.75. The van der Waals surface area contributed by atoms with Gasteiger partial charge < -0.3 is 10.1 Å². The van der Waals surface area contributed by atoms with Crippen molar-refractivity contribution in [3.63, 3.8) is 0 Å². The third-order valence-electron chi connectivity index (χ3n) is 4.66. The molecular weight excluding hydrogens is 507 g/mol. The zero-order chi connectivity index (χ0) is 24.0. The third kappa shape index (κ3) is 7.27. The monoisotopic (exact) mass is 526 g/mol. The van der Waals surface area contributed by atoms with E-state index >= 15 is 0 Å². The van der Waals surface area contributed by atoms with Gasteiger partial charge in [-0.2, -0.15) is 0 Å². The quantitative estimate of drug-likeness (QED) is 0.409. The van der Waals surface area contributed by atoms with Gasteiger partial charge in [-0.05, 0) is 53.6 Å². The van der Waals surface area contributed by atoms with Crippen molar-refractivity contribution in [1.29, 1.82) is 0 Å². The van der Waals surface area contributed by atoms with E-state index in [0.717, 1.165) is 11.8 Å². The van der Waals surface area contributed by atoms with Crippen LogP contribution in [0.1, 0.15) is 11.1 Å². The van der Waals surface area contributed by atoms with E-state index in [-0.39, 0.29) is 25.6 Å². The zero-order valence-corrected chi connectivity index (χ0v) is 20.7. The standard InChI is InChI=1S/C23H21Cl3N2O4S/c1-33(30,31)28(14-17-4-2-3-5-21(17)25)19-8-10-20(11-9-19)32-15-23(29)27-13-16-6-7-18(24)12-22(16)26/h2-12H,13-15H2,1H3,(H,27,29).